The van der Waals surface area contributed by atoms with Crippen LogP contribution in [0, 0.1) is 0 Å². The van der Waals surface area contributed by atoms with Crippen molar-refractivity contribution in [1.82, 2.24) is 4.90 Å². The molecule has 3 nitrogen and oxygen atoms in total. The number of nitrogens with zero attached hydrogens (tertiary/aromatic N) is 1. The Balaban J connectivity index is 1.83. The van der Waals surface area contributed by atoms with Gasteiger partial charge in [0.2, 0.25) is 0 Å². The van der Waals surface area contributed by atoms with Gasteiger partial charge in [-0.15, -0.1) is 0 Å². The molecule has 0 spiro atoms. The Morgan fingerprint density at radius 1 is 1.33 bits per heavy atom. The maximum absolute atomic E-state index is 9.85. The summed E-state index contributed by atoms with van der Waals surface area (Å²) in [6.07, 6.45) is 4.45. The summed E-state index contributed by atoms with van der Waals surface area (Å²) >= 11 is 0. The zero-order valence-electron chi connectivity index (χ0n) is 7.50. The van der Waals surface area contributed by atoms with Crippen LogP contribution in [0.2, 0.25) is 0 Å². The van der Waals surface area contributed by atoms with Crippen LogP contribution in [0.15, 0.2) is 0 Å². The van der Waals surface area contributed by atoms with E-state index in [2.05, 4.69) is 4.90 Å². The van der Waals surface area contributed by atoms with E-state index in [0.717, 1.165) is 32.0 Å². The van der Waals surface area contributed by atoms with Crippen LogP contribution in [0.3, 0.4) is 0 Å². The molecule has 0 amide bonds. The maximum Gasteiger partial charge on any atom is 0.0793 e. The molecule has 2 fully saturated rings. The van der Waals surface area contributed by atoms with E-state index in [4.69, 9.17) is 5.73 Å². The summed E-state index contributed by atoms with van der Waals surface area (Å²) in [5.41, 5.74) is 4.96. The number of likely N-dealkylation sites (tertiary alicyclic amines) is 1. The van der Waals surface area contributed by atoms with Gasteiger partial charge in [0.05, 0.1) is 5.60 Å². The highest BCUT2D eigenvalue weighted by atomic mass is 16.3. The lowest BCUT2D eigenvalue weighted by Gasteiger charge is -2.37. The first-order valence-electron chi connectivity index (χ1n) is 4.90. The van der Waals surface area contributed by atoms with Crippen LogP contribution in [0.4, 0.5) is 0 Å². The van der Waals surface area contributed by atoms with Crippen molar-refractivity contribution >= 4 is 0 Å². The number of piperidine rings is 1. The van der Waals surface area contributed by atoms with E-state index >= 15 is 0 Å². The third-order valence-corrected chi connectivity index (χ3v) is 3.17. The van der Waals surface area contributed by atoms with Gasteiger partial charge in [-0.2, -0.15) is 0 Å². The normalized spacial score (nSPS) is 30.5. The summed E-state index contributed by atoms with van der Waals surface area (Å²) in [6, 6.07) is 0.840. The second kappa shape index (κ2) is 2.98. The van der Waals surface area contributed by atoms with Crippen LogP contribution in [-0.4, -0.2) is 41.3 Å². The van der Waals surface area contributed by atoms with Crippen LogP contribution < -0.4 is 5.73 Å². The molecule has 1 saturated carbocycles. The van der Waals surface area contributed by atoms with Crippen molar-refractivity contribution in [2.45, 2.75) is 37.3 Å². The first kappa shape index (κ1) is 8.48. The minimum atomic E-state index is -0.550. The van der Waals surface area contributed by atoms with E-state index in [-0.39, 0.29) is 0 Å². The molecule has 1 saturated heterocycles. The van der Waals surface area contributed by atoms with Crippen molar-refractivity contribution in [2.24, 2.45) is 5.73 Å². The molecule has 3 N–H and O–H groups in total. The minimum absolute atomic E-state index is 0.422. The van der Waals surface area contributed by atoms with Crippen molar-refractivity contribution in [3.05, 3.63) is 0 Å². The van der Waals surface area contributed by atoms with E-state index in [1.165, 1.54) is 12.8 Å². The van der Waals surface area contributed by atoms with Crippen molar-refractivity contribution in [2.75, 3.05) is 19.6 Å². The Kier molecular flexibility index (Phi) is 2.10. The molecule has 70 valence electrons. The quantitative estimate of drug-likeness (QED) is 0.610. The van der Waals surface area contributed by atoms with Gasteiger partial charge >= 0.3 is 0 Å². The molecule has 3 heteroatoms. The second-order valence-electron chi connectivity index (χ2n) is 4.20. The molecule has 0 bridgehead atoms. The molecule has 0 atom stereocenters. The Labute approximate surface area is 73.5 Å². The molecule has 0 aromatic rings. The van der Waals surface area contributed by atoms with Crippen molar-refractivity contribution < 1.29 is 5.11 Å². The van der Waals surface area contributed by atoms with E-state index < -0.39 is 5.60 Å². The van der Waals surface area contributed by atoms with Gasteiger partial charge in [0, 0.05) is 25.7 Å². The molecule has 1 aliphatic carbocycles. The third kappa shape index (κ3) is 1.63. The Bertz CT molecular complexity index is 160. The zero-order valence-corrected chi connectivity index (χ0v) is 7.50. The number of rotatable bonds is 2. The van der Waals surface area contributed by atoms with Crippen LogP contribution in [0.5, 0.6) is 0 Å². The highest BCUT2D eigenvalue weighted by Crippen LogP contribution is 2.31. The minimum Gasteiger partial charge on any atom is -0.388 e. The van der Waals surface area contributed by atoms with Crippen LogP contribution in [-0.2, 0) is 0 Å². The molecule has 12 heavy (non-hydrogen) atoms. The first-order chi connectivity index (χ1) is 5.73. The Hall–Kier alpha value is -0.120. The third-order valence-electron chi connectivity index (χ3n) is 3.17. The molecule has 1 aliphatic heterocycles. The average molecular weight is 170 g/mol. The number of nitrogens with two attached hydrogens (primary N) is 1. The maximum atomic E-state index is 9.85. The number of hydrogen-bond donors (Lipinski definition) is 2. The summed E-state index contributed by atoms with van der Waals surface area (Å²) in [6.45, 7) is 2.50. The lowest BCUT2D eigenvalue weighted by Crippen LogP contribution is -2.49. The van der Waals surface area contributed by atoms with Gasteiger partial charge in [0.15, 0.2) is 0 Å². The Morgan fingerprint density at radius 2 is 1.92 bits per heavy atom. The summed E-state index contributed by atoms with van der Waals surface area (Å²) in [7, 11) is 0. The van der Waals surface area contributed by atoms with Crippen LogP contribution >= 0.6 is 0 Å². The number of hydrogen-bond acceptors (Lipinski definition) is 3. The predicted octanol–water partition coefficient (Wildman–Crippen LogP) is -0.0656. The molecule has 0 aromatic heterocycles. The molecule has 0 unspecified atom stereocenters. The van der Waals surface area contributed by atoms with E-state index in [1.54, 1.807) is 0 Å². The molecular formula is C9H18N2O. The van der Waals surface area contributed by atoms with Crippen LogP contribution in [0.1, 0.15) is 25.7 Å². The van der Waals surface area contributed by atoms with Gasteiger partial charge in [0.25, 0.3) is 0 Å². The molecular weight excluding hydrogens is 152 g/mol. The summed E-state index contributed by atoms with van der Waals surface area (Å²) < 4.78 is 0. The lowest BCUT2D eigenvalue weighted by molar-refractivity contribution is -0.0153. The first-order valence-corrected chi connectivity index (χ1v) is 4.90. The molecule has 0 radical (unpaired) electrons. The lowest BCUT2D eigenvalue weighted by atomic mass is 9.91. The van der Waals surface area contributed by atoms with Gasteiger partial charge in [0.1, 0.15) is 0 Å². The largest absolute Gasteiger partial charge is 0.388 e. The highest BCUT2D eigenvalue weighted by molar-refractivity contribution is 4.92. The molecule has 2 aliphatic rings. The summed E-state index contributed by atoms with van der Waals surface area (Å²) in [5, 5.41) is 9.85. The number of aliphatic hydroxyl groups is 1. The average Bonchev–Trinajstić information content (AvgIpc) is 2.89. The van der Waals surface area contributed by atoms with Crippen molar-refractivity contribution in [3.8, 4) is 0 Å². The van der Waals surface area contributed by atoms with E-state index in [9.17, 15) is 5.11 Å². The van der Waals surface area contributed by atoms with Crippen molar-refractivity contribution in [3.63, 3.8) is 0 Å². The fourth-order valence-electron chi connectivity index (χ4n) is 1.95. The van der Waals surface area contributed by atoms with Gasteiger partial charge in [-0.1, -0.05) is 0 Å². The van der Waals surface area contributed by atoms with Crippen molar-refractivity contribution in [1.29, 1.82) is 0 Å². The van der Waals surface area contributed by atoms with Gasteiger partial charge in [-0.05, 0) is 25.7 Å². The Morgan fingerprint density at radius 3 is 2.33 bits per heavy atom. The topological polar surface area (TPSA) is 49.5 Å². The fraction of sp³-hybridized carbons (Fsp3) is 1.00. The highest BCUT2D eigenvalue weighted by Gasteiger charge is 2.36. The van der Waals surface area contributed by atoms with E-state index in [1.807, 2.05) is 0 Å². The summed E-state index contributed by atoms with van der Waals surface area (Å²) in [5.74, 6) is 0. The fourth-order valence-corrected chi connectivity index (χ4v) is 1.95. The summed E-state index contributed by atoms with van der Waals surface area (Å²) in [4.78, 5) is 2.49. The SMILES string of the molecule is NCC1(O)CCN(C2CC2)CC1. The zero-order chi connectivity index (χ0) is 8.60. The predicted molar refractivity (Wildman–Crippen MR) is 47.8 cm³/mol. The molecule has 0 aromatic carbocycles. The second-order valence-corrected chi connectivity index (χ2v) is 4.20. The van der Waals surface area contributed by atoms with Crippen LogP contribution in [0.25, 0.3) is 0 Å². The standard InChI is InChI=1S/C9H18N2O/c10-7-9(12)3-5-11(6-4-9)8-1-2-8/h8,12H,1-7,10H2. The molecule has 2 rings (SSSR count). The smallest absolute Gasteiger partial charge is 0.0793 e. The van der Waals surface area contributed by atoms with E-state index in [0.29, 0.717) is 6.54 Å². The molecule has 1 heterocycles. The van der Waals surface area contributed by atoms with Gasteiger partial charge < -0.3 is 15.7 Å². The van der Waals surface area contributed by atoms with Gasteiger partial charge in [-0.25, -0.2) is 0 Å². The monoisotopic (exact) mass is 170 g/mol. The van der Waals surface area contributed by atoms with Gasteiger partial charge in [-0.3, -0.25) is 0 Å².